The number of carbonyl (C=O) groups excluding carboxylic acids is 3. The predicted molar refractivity (Wildman–Crippen MR) is 82.7 cm³/mol. The Morgan fingerprint density at radius 2 is 1.91 bits per heavy atom. The topological polar surface area (TPSA) is 87.7 Å². The van der Waals surface area contributed by atoms with Crippen LogP contribution in [0.1, 0.15) is 6.42 Å². The van der Waals surface area contributed by atoms with Crippen LogP contribution in [0.5, 0.6) is 0 Å². The van der Waals surface area contributed by atoms with Crippen LogP contribution in [0, 0.1) is 0 Å². The van der Waals surface area contributed by atoms with E-state index < -0.39 is 23.3 Å². The van der Waals surface area contributed by atoms with E-state index in [1.165, 1.54) is 31.4 Å². The molecule has 7 nitrogen and oxygen atoms in total. The van der Waals surface area contributed by atoms with E-state index in [0.29, 0.717) is 10.0 Å². The summed E-state index contributed by atoms with van der Waals surface area (Å²) in [5.41, 5.74) is 4.26. The second-order valence-electron chi connectivity index (χ2n) is 5.11. The molecule has 0 saturated carbocycles. The summed E-state index contributed by atoms with van der Waals surface area (Å²) in [6, 6.07) is 4.43. The molecule has 3 rings (SSSR count). The van der Waals surface area contributed by atoms with Crippen LogP contribution in [0.25, 0.3) is 0 Å². The molecule has 2 heterocycles. The summed E-state index contributed by atoms with van der Waals surface area (Å²) in [7, 11) is 1.22. The van der Waals surface area contributed by atoms with E-state index in [4.69, 9.17) is 23.2 Å². The van der Waals surface area contributed by atoms with Crippen molar-refractivity contribution in [2.24, 2.45) is 0 Å². The van der Waals surface area contributed by atoms with Crippen molar-refractivity contribution in [2.45, 2.75) is 12.0 Å². The number of amides is 2. The molecule has 1 saturated heterocycles. The van der Waals surface area contributed by atoms with Crippen LogP contribution in [0.15, 0.2) is 30.0 Å². The summed E-state index contributed by atoms with van der Waals surface area (Å²) in [4.78, 5) is 37.6. The molecule has 1 aromatic rings. The van der Waals surface area contributed by atoms with E-state index in [-0.39, 0.29) is 17.8 Å². The summed E-state index contributed by atoms with van der Waals surface area (Å²) in [5, 5.41) is 0.606. The molecule has 120 valence electrons. The Hall–Kier alpha value is -2.09. The summed E-state index contributed by atoms with van der Waals surface area (Å²) in [6.07, 6.45) is 1.20. The molecular formula is C14H11Cl2N3O4. The number of hydrazine groups is 1. The van der Waals surface area contributed by atoms with Crippen molar-refractivity contribution in [3.05, 3.63) is 40.0 Å². The number of hydrogen-bond acceptors (Lipinski definition) is 6. The largest absolute Gasteiger partial charge is 0.464 e. The maximum absolute atomic E-state index is 12.7. The fraction of sp³-hybridized carbons (Fsp3) is 0.214. The third-order valence-electron chi connectivity index (χ3n) is 3.59. The van der Waals surface area contributed by atoms with Crippen molar-refractivity contribution in [1.82, 2.24) is 10.9 Å². The first-order chi connectivity index (χ1) is 10.9. The van der Waals surface area contributed by atoms with Crippen LogP contribution >= 0.6 is 23.2 Å². The van der Waals surface area contributed by atoms with Gasteiger partial charge >= 0.3 is 5.97 Å². The molecule has 2 N–H and O–H groups in total. The second kappa shape index (κ2) is 5.52. The van der Waals surface area contributed by atoms with Crippen LogP contribution in [-0.4, -0.2) is 30.4 Å². The van der Waals surface area contributed by atoms with Gasteiger partial charge < -0.3 is 10.2 Å². The van der Waals surface area contributed by atoms with Gasteiger partial charge in [0.05, 0.1) is 19.2 Å². The number of nitrogens with one attached hydrogen (secondary N) is 2. The molecule has 0 radical (unpaired) electrons. The average Bonchev–Trinajstić information content (AvgIpc) is 3.00. The maximum atomic E-state index is 12.7. The highest BCUT2D eigenvalue weighted by molar-refractivity contribution is 6.36. The lowest BCUT2D eigenvalue weighted by molar-refractivity contribution is -0.136. The second-order valence-corrected chi connectivity index (χ2v) is 5.98. The molecule has 0 aromatic heterocycles. The van der Waals surface area contributed by atoms with Crippen LogP contribution in [0.2, 0.25) is 10.0 Å². The van der Waals surface area contributed by atoms with Crippen LogP contribution in [-0.2, 0) is 19.1 Å². The van der Waals surface area contributed by atoms with Gasteiger partial charge in [-0.3, -0.25) is 9.59 Å². The third kappa shape index (κ3) is 2.56. The molecule has 1 atom stereocenters. The van der Waals surface area contributed by atoms with Crippen LogP contribution < -0.4 is 15.8 Å². The Morgan fingerprint density at radius 1 is 1.26 bits per heavy atom. The fourth-order valence-corrected chi connectivity index (χ4v) is 3.08. The molecule has 0 bridgehead atoms. The van der Waals surface area contributed by atoms with Crippen LogP contribution in [0.3, 0.4) is 0 Å². The van der Waals surface area contributed by atoms with Gasteiger partial charge in [0.25, 0.3) is 5.91 Å². The fourth-order valence-electron chi connectivity index (χ4n) is 2.56. The zero-order chi connectivity index (χ0) is 16.8. The summed E-state index contributed by atoms with van der Waals surface area (Å²) >= 11 is 11.8. The molecule has 2 amide bonds. The summed E-state index contributed by atoms with van der Waals surface area (Å²) in [6.45, 7) is 0. The highest BCUT2D eigenvalue weighted by atomic mass is 35.5. The van der Waals surface area contributed by atoms with E-state index in [1.807, 2.05) is 0 Å². The van der Waals surface area contributed by atoms with Gasteiger partial charge in [0.1, 0.15) is 11.2 Å². The first-order valence-corrected chi connectivity index (χ1v) is 7.30. The number of halogens is 2. The number of methoxy groups -OCH3 is 1. The van der Waals surface area contributed by atoms with Crippen LogP contribution in [0.4, 0.5) is 5.69 Å². The molecular weight excluding hydrogens is 345 g/mol. The van der Waals surface area contributed by atoms with Gasteiger partial charge in [-0.05, 0) is 24.3 Å². The van der Waals surface area contributed by atoms with E-state index in [2.05, 4.69) is 15.6 Å². The van der Waals surface area contributed by atoms with Gasteiger partial charge in [-0.15, -0.1) is 0 Å². The molecule has 0 aliphatic carbocycles. The first-order valence-electron chi connectivity index (χ1n) is 6.54. The lowest BCUT2D eigenvalue weighted by Crippen LogP contribution is -2.51. The Bertz CT molecular complexity index is 744. The smallest absolute Gasteiger partial charge is 0.355 e. The lowest BCUT2D eigenvalue weighted by atomic mass is 9.98. The zero-order valence-corrected chi connectivity index (χ0v) is 13.4. The number of esters is 1. The van der Waals surface area contributed by atoms with Crippen molar-refractivity contribution in [1.29, 1.82) is 0 Å². The number of ether oxygens (including phenoxy) is 1. The highest BCUT2D eigenvalue weighted by Gasteiger charge is 2.54. The molecule has 2 aliphatic rings. The molecule has 1 aromatic carbocycles. The number of rotatable bonds is 2. The number of nitrogens with zero attached hydrogens (tertiary/aromatic N) is 1. The summed E-state index contributed by atoms with van der Waals surface area (Å²) < 4.78 is 4.59. The normalized spacial score (nSPS) is 23.3. The number of benzene rings is 1. The molecule has 23 heavy (non-hydrogen) atoms. The van der Waals surface area contributed by atoms with E-state index in [0.717, 1.165) is 4.90 Å². The number of hydrogen-bond donors (Lipinski definition) is 2. The minimum atomic E-state index is -1.34. The van der Waals surface area contributed by atoms with Gasteiger partial charge in [0.15, 0.2) is 0 Å². The Kier molecular flexibility index (Phi) is 3.79. The molecule has 9 heteroatoms. The van der Waals surface area contributed by atoms with Gasteiger partial charge in [-0.2, -0.15) is 0 Å². The SMILES string of the molecule is COC(=O)C1=C[C@]2(CC(=O)N(c3cc(Cl)cc(Cl)c3)C2=O)NN1. The quantitative estimate of drug-likeness (QED) is 0.611. The first kappa shape index (κ1) is 15.8. The molecule has 2 aliphatic heterocycles. The van der Waals surface area contributed by atoms with E-state index >= 15 is 0 Å². The Morgan fingerprint density at radius 3 is 2.52 bits per heavy atom. The Balaban J connectivity index is 1.98. The molecule has 1 spiro atoms. The van der Waals surface area contributed by atoms with E-state index in [9.17, 15) is 14.4 Å². The van der Waals surface area contributed by atoms with E-state index in [1.54, 1.807) is 0 Å². The molecule has 1 fully saturated rings. The van der Waals surface area contributed by atoms with Gasteiger partial charge in [-0.25, -0.2) is 15.1 Å². The highest BCUT2D eigenvalue weighted by Crippen LogP contribution is 2.35. The standard InChI is InChI=1S/C14H11Cl2N3O4/c1-23-12(21)10-5-14(18-17-10)6-11(20)19(13(14)22)9-3-7(15)2-8(16)4-9/h2-5,17-18H,6H2,1H3/t14-/m1/s1. The third-order valence-corrected chi connectivity index (χ3v) is 4.02. The minimum absolute atomic E-state index is 0.0691. The van der Waals surface area contributed by atoms with Crippen molar-refractivity contribution < 1.29 is 19.1 Å². The summed E-state index contributed by atoms with van der Waals surface area (Å²) in [5.74, 6) is -1.61. The van der Waals surface area contributed by atoms with Crippen molar-refractivity contribution in [2.75, 3.05) is 12.0 Å². The maximum Gasteiger partial charge on any atom is 0.355 e. The minimum Gasteiger partial charge on any atom is -0.464 e. The van der Waals surface area contributed by atoms with Crippen molar-refractivity contribution in [3.8, 4) is 0 Å². The monoisotopic (exact) mass is 355 g/mol. The number of carbonyl (C=O) groups is 3. The Labute approximate surface area is 141 Å². The lowest BCUT2D eigenvalue weighted by Gasteiger charge is -2.20. The average molecular weight is 356 g/mol. The number of anilines is 1. The number of imide groups is 1. The van der Waals surface area contributed by atoms with Gasteiger partial charge in [0, 0.05) is 10.0 Å². The van der Waals surface area contributed by atoms with Crippen molar-refractivity contribution in [3.63, 3.8) is 0 Å². The van der Waals surface area contributed by atoms with Gasteiger partial charge in [0.2, 0.25) is 5.91 Å². The zero-order valence-electron chi connectivity index (χ0n) is 11.9. The molecule has 0 unspecified atom stereocenters. The predicted octanol–water partition coefficient (Wildman–Crippen LogP) is 1.16. The van der Waals surface area contributed by atoms with Gasteiger partial charge in [-0.1, -0.05) is 23.2 Å². The van der Waals surface area contributed by atoms with Crippen molar-refractivity contribution >= 4 is 46.7 Å².